The molecule has 0 aromatic heterocycles. The maximum Gasteiger partial charge on any atom is 0.238 e. The summed E-state index contributed by atoms with van der Waals surface area (Å²) in [7, 11) is 1.61. The van der Waals surface area contributed by atoms with E-state index in [2.05, 4.69) is 5.32 Å². The Morgan fingerprint density at radius 2 is 1.79 bits per heavy atom. The van der Waals surface area contributed by atoms with E-state index in [-0.39, 0.29) is 23.1 Å². The summed E-state index contributed by atoms with van der Waals surface area (Å²) < 4.78 is 5.49. The van der Waals surface area contributed by atoms with Gasteiger partial charge in [0.2, 0.25) is 11.8 Å². The summed E-state index contributed by atoms with van der Waals surface area (Å²) >= 11 is 1.57. The fourth-order valence-electron chi connectivity index (χ4n) is 4.17. The molecule has 1 aliphatic heterocycles. The number of carbonyl (C=O) groups is 2. The molecule has 1 N–H and O–H groups in total. The minimum absolute atomic E-state index is 0.0397. The minimum Gasteiger partial charge on any atom is -0.495 e. The number of para-hydroxylation sites is 3. The van der Waals surface area contributed by atoms with Crippen LogP contribution in [-0.4, -0.2) is 24.7 Å². The number of rotatable bonds is 5. The minimum atomic E-state index is -0.207. The number of benzene rings is 2. The van der Waals surface area contributed by atoms with Gasteiger partial charge in [0.05, 0.1) is 18.6 Å². The highest BCUT2D eigenvalue weighted by molar-refractivity contribution is 8.00. The van der Waals surface area contributed by atoms with Crippen LogP contribution in [0.2, 0.25) is 0 Å². The lowest BCUT2D eigenvalue weighted by Gasteiger charge is -2.28. The van der Waals surface area contributed by atoms with Gasteiger partial charge in [0, 0.05) is 17.2 Å². The Bertz CT molecular complexity index is 895. The van der Waals surface area contributed by atoms with E-state index in [1.54, 1.807) is 23.8 Å². The summed E-state index contributed by atoms with van der Waals surface area (Å²) in [5, 5.41) is 2.94. The summed E-state index contributed by atoms with van der Waals surface area (Å²) in [5.41, 5.74) is 2.48. The van der Waals surface area contributed by atoms with Crippen molar-refractivity contribution in [2.75, 3.05) is 23.1 Å². The van der Waals surface area contributed by atoms with Crippen molar-refractivity contribution in [2.45, 2.75) is 37.5 Å². The number of carbonyl (C=O) groups excluding carboxylic acids is 2. The fourth-order valence-corrected chi connectivity index (χ4v) is 5.37. The molecule has 2 fully saturated rings. The number of methoxy groups -OCH3 is 1. The molecule has 2 amide bonds. The van der Waals surface area contributed by atoms with Gasteiger partial charge in [-0.1, -0.05) is 49.6 Å². The molecule has 1 heterocycles. The van der Waals surface area contributed by atoms with Crippen molar-refractivity contribution in [2.24, 2.45) is 5.92 Å². The molecule has 1 atom stereocenters. The molecule has 0 spiro atoms. The Morgan fingerprint density at radius 3 is 2.59 bits per heavy atom. The molecule has 0 bridgehead atoms. The highest BCUT2D eigenvalue weighted by Gasteiger charge is 2.37. The molecule has 5 nitrogen and oxygen atoms in total. The highest BCUT2D eigenvalue weighted by Crippen LogP contribution is 2.46. The lowest BCUT2D eigenvalue weighted by Crippen LogP contribution is -2.29. The lowest BCUT2D eigenvalue weighted by molar-refractivity contribution is -0.120. The first-order chi connectivity index (χ1) is 14.2. The average molecular weight is 411 g/mol. The maximum atomic E-state index is 12.8. The zero-order chi connectivity index (χ0) is 20.2. The number of anilines is 2. The summed E-state index contributed by atoms with van der Waals surface area (Å²) in [6.45, 7) is 0. The largest absolute Gasteiger partial charge is 0.495 e. The van der Waals surface area contributed by atoms with E-state index in [1.807, 2.05) is 48.5 Å². The van der Waals surface area contributed by atoms with Crippen LogP contribution in [0.5, 0.6) is 5.75 Å². The van der Waals surface area contributed by atoms with Crippen molar-refractivity contribution in [3.8, 4) is 5.75 Å². The van der Waals surface area contributed by atoms with E-state index >= 15 is 0 Å². The summed E-state index contributed by atoms with van der Waals surface area (Å²) in [4.78, 5) is 27.4. The van der Waals surface area contributed by atoms with Gasteiger partial charge in [-0.15, -0.1) is 11.8 Å². The molecule has 2 aromatic carbocycles. The van der Waals surface area contributed by atoms with E-state index < -0.39 is 0 Å². The van der Waals surface area contributed by atoms with Gasteiger partial charge in [0.1, 0.15) is 11.1 Å². The van der Waals surface area contributed by atoms with Gasteiger partial charge in [-0.3, -0.25) is 14.5 Å². The number of hydrogen-bond acceptors (Lipinski definition) is 4. The molecule has 29 heavy (non-hydrogen) atoms. The summed E-state index contributed by atoms with van der Waals surface area (Å²) in [6.07, 6.45) is 5.37. The molecule has 4 rings (SSSR count). The average Bonchev–Trinajstić information content (AvgIpc) is 3.15. The third-order valence-corrected chi connectivity index (χ3v) is 6.87. The van der Waals surface area contributed by atoms with Crippen LogP contribution in [0, 0.1) is 5.92 Å². The van der Waals surface area contributed by atoms with Crippen LogP contribution in [0.3, 0.4) is 0 Å². The molecule has 0 unspecified atom stereocenters. The highest BCUT2D eigenvalue weighted by atomic mass is 32.2. The van der Waals surface area contributed by atoms with Gasteiger partial charge in [-0.2, -0.15) is 0 Å². The molecule has 1 saturated carbocycles. The second-order valence-corrected chi connectivity index (χ2v) is 8.58. The van der Waals surface area contributed by atoms with Crippen LogP contribution in [0.15, 0.2) is 48.5 Å². The zero-order valence-electron chi connectivity index (χ0n) is 16.6. The van der Waals surface area contributed by atoms with Crippen LogP contribution < -0.4 is 15.0 Å². The first kappa shape index (κ1) is 19.8. The van der Waals surface area contributed by atoms with E-state index in [0.717, 1.165) is 42.6 Å². The number of nitrogens with one attached hydrogen (secondary N) is 1. The standard InChI is InChI=1S/C23H26N2O3S/c1-28-20-14-8-7-13-19(20)25-21(26)15-29-23(25)17-11-5-6-12-18(17)24-22(27)16-9-3-2-4-10-16/h5-8,11-14,16,23H,2-4,9-10,15H2,1H3,(H,24,27)/t23-/m0/s1. The molecular formula is C23H26N2O3S. The van der Waals surface area contributed by atoms with Crippen LogP contribution in [0.25, 0.3) is 0 Å². The quantitative estimate of drug-likeness (QED) is 0.754. The van der Waals surface area contributed by atoms with Crippen LogP contribution in [0.1, 0.15) is 43.0 Å². The van der Waals surface area contributed by atoms with Gasteiger partial charge in [-0.05, 0) is 31.0 Å². The predicted octanol–water partition coefficient (Wildman–Crippen LogP) is 4.99. The van der Waals surface area contributed by atoms with Crippen molar-refractivity contribution in [3.05, 3.63) is 54.1 Å². The Kier molecular flexibility index (Phi) is 6.09. The monoisotopic (exact) mass is 410 g/mol. The van der Waals surface area contributed by atoms with Crippen molar-refractivity contribution in [3.63, 3.8) is 0 Å². The second-order valence-electron chi connectivity index (χ2n) is 7.51. The third-order valence-electron chi connectivity index (χ3n) is 5.67. The SMILES string of the molecule is COc1ccccc1N1C(=O)CS[C@H]1c1ccccc1NC(=O)C1CCCCC1. The topological polar surface area (TPSA) is 58.6 Å². The Morgan fingerprint density at radius 1 is 1.07 bits per heavy atom. The van der Waals surface area contributed by atoms with Gasteiger partial charge < -0.3 is 10.1 Å². The fraction of sp³-hybridized carbons (Fsp3) is 0.391. The van der Waals surface area contributed by atoms with Crippen LogP contribution in [-0.2, 0) is 9.59 Å². The Hall–Kier alpha value is -2.47. The summed E-state index contributed by atoms with van der Waals surface area (Å²) in [5.74, 6) is 1.28. The molecule has 2 aromatic rings. The number of hydrogen-bond donors (Lipinski definition) is 1. The molecule has 6 heteroatoms. The number of ether oxygens (including phenoxy) is 1. The van der Waals surface area contributed by atoms with Gasteiger partial charge >= 0.3 is 0 Å². The van der Waals surface area contributed by atoms with Crippen molar-refractivity contribution < 1.29 is 14.3 Å². The van der Waals surface area contributed by atoms with Crippen molar-refractivity contribution >= 4 is 35.0 Å². The molecular weight excluding hydrogens is 384 g/mol. The number of nitrogens with zero attached hydrogens (tertiary/aromatic N) is 1. The normalized spacial score (nSPS) is 20.0. The first-order valence-corrected chi connectivity index (χ1v) is 11.2. The van der Waals surface area contributed by atoms with Gasteiger partial charge in [-0.25, -0.2) is 0 Å². The number of thioether (sulfide) groups is 1. The first-order valence-electron chi connectivity index (χ1n) is 10.2. The van der Waals surface area contributed by atoms with Crippen LogP contribution >= 0.6 is 11.8 Å². The summed E-state index contributed by atoms with van der Waals surface area (Å²) in [6, 6.07) is 15.4. The van der Waals surface area contributed by atoms with Crippen molar-refractivity contribution in [1.82, 2.24) is 0 Å². The van der Waals surface area contributed by atoms with E-state index in [4.69, 9.17) is 4.74 Å². The van der Waals surface area contributed by atoms with E-state index in [0.29, 0.717) is 11.5 Å². The molecule has 1 saturated heterocycles. The zero-order valence-corrected chi connectivity index (χ0v) is 17.4. The third kappa shape index (κ3) is 4.13. The van der Waals surface area contributed by atoms with Crippen LogP contribution in [0.4, 0.5) is 11.4 Å². The Balaban J connectivity index is 1.63. The number of amides is 2. The van der Waals surface area contributed by atoms with Gasteiger partial charge in [0.25, 0.3) is 0 Å². The molecule has 0 radical (unpaired) electrons. The Labute approximate surface area is 175 Å². The van der Waals surface area contributed by atoms with E-state index in [1.165, 1.54) is 6.42 Å². The predicted molar refractivity (Wildman–Crippen MR) is 117 cm³/mol. The van der Waals surface area contributed by atoms with E-state index in [9.17, 15) is 9.59 Å². The molecule has 2 aliphatic rings. The van der Waals surface area contributed by atoms with Crippen molar-refractivity contribution in [1.29, 1.82) is 0 Å². The molecule has 152 valence electrons. The lowest BCUT2D eigenvalue weighted by atomic mass is 9.88. The second kappa shape index (κ2) is 8.91. The smallest absolute Gasteiger partial charge is 0.238 e. The van der Waals surface area contributed by atoms with Gasteiger partial charge in [0.15, 0.2) is 0 Å². The molecule has 1 aliphatic carbocycles. The maximum absolute atomic E-state index is 12.8.